The maximum Gasteiger partial charge on any atom is 0.0889 e. The van der Waals surface area contributed by atoms with E-state index in [2.05, 4.69) is 24.1 Å². The summed E-state index contributed by atoms with van der Waals surface area (Å²) in [5, 5.41) is 3.39. The number of ether oxygens (including phenoxy) is 2. The van der Waals surface area contributed by atoms with Gasteiger partial charge in [0.1, 0.15) is 0 Å². The first kappa shape index (κ1) is 16.1. The Morgan fingerprint density at radius 2 is 1.89 bits per heavy atom. The molecular weight excluding hydrogens is 240 g/mol. The number of pyridine rings is 1. The van der Waals surface area contributed by atoms with Gasteiger partial charge in [-0.15, -0.1) is 0 Å². The molecule has 4 heteroatoms. The SMILES string of the molecule is CCOCCOCc1cccc(CNCC(C)C)n1. The van der Waals surface area contributed by atoms with Gasteiger partial charge < -0.3 is 14.8 Å². The van der Waals surface area contributed by atoms with Gasteiger partial charge >= 0.3 is 0 Å². The van der Waals surface area contributed by atoms with Crippen molar-refractivity contribution in [1.29, 1.82) is 0 Å². The predicted octanol–water partition coefficient (Wildman–Crippen LogP) is 2.38. The highest BCUT2D eigenvalue weighted by atomic mass is 16.5. The van der Waals surface area contributed by atoms with Crippen molar-refractivity contribution in [1.82, 2.24) is 10.3 Å². The number of rotatable bonds is 10. The minimum atomic E-state index is 0.547. The Hall–Kier alpha value is -0.970. The second kappa shape index (κ2) is 9.89. The topological polar surface area (TPSA) is 43.4 Å². The van der Waals surface area contributed by atoms with Crippen LogP contribution in [0.1, 0.15) is 32.2 Å². The van der Waals surface area contributed by atoms with E-state index in [-0.39, 0.29) is 0 Å². The fourth-order valence-electron chi connectivity index (χ4n) is 1.64. The van der Waals surface area contributed by atoms with Gasteiger partial charge in [0.15, 0.2) is 0 Å². The molecule has 0 aliphatic carbocycles. The normalized spacial score (nSPS) is 11.2. The first-order chi connectivity index (χ1) is 9.22. The standard InChI is InChI=1S/C15H26N2O2/c1-4-18-8-9-19-12-15-7-5-6-14(17-15)11-16-10-13(2)3/h5-7,13,16H,4,8-12H2,1-3H3. The summed E-state index contributed by atoms with van der Waals surface area (Å²) < 4.78 is 10.7. The smallest absolute Gasteiger partial charge is 0.0889 e. The molecule has 0 aromatic carbocycles. The lowest BCUT2D eigenvalue weighted by atomic mass is 10.2. The molecular formula is C15H26N2O2. The number of hydrogen-bond donors (Lipinski definition) is 1. The maximum atomic E-state index is 5.51. The van der Waals surface area contributed by atoms with Crippen LogP contribution in [0, 0.1) is 5.92 Å². The average molecular weight is 266 g/mol. The molecule has 0 bridgehead atoms. The molecule has 0 aliphatic rings. The fraction of sp³-hybridized carbons (Fsp3) is 0.667. The minimum absolute atomic E-state index is 0.547. The Morgan fingerprint density at radius 1 is 1.16 bits per heavy atom. The van der Waals surface area contributed by atoms with Crippen LogP contribution in [0.4, 0.5) is 0 Å². The van der Waals surface area contributed by atoms with Crippen molar-refractivity contribution in [3.05, 3.63) is 29.6 Å². The Labute approximate surface area is 116 Å². The second-order valence-corrected chi connectivity index (χ2v) is 4.89. The van der Waals surface area contributed by atoms with Crippen LogP contribution in [0.5, 0.6) is 0 Å². The van der Waals surface area contributed by atoms with Crippen LogP contribution < -0.4 is 5.32 Å². The van der Waals surface area contributed by atoms with Gasteiger partial charge in [-0.05, 0) is 31.5 Å². The van der Waals surface area contributed by atoms with Gasteiger partial charge in [0.05, 0.1) is 31.2 Å². The Morgan fingerprint density at radius 3 is 2.63 bits per heavy atom. The zero-order chi connectivity index (χ0) is 13.9. The third kappa shape index (κ3) is 7.93. The quantitative estimate of drug-likeness (QED) is 0.660. The number of nitrogens with one attached hydrogen (secondary N) is 1. The first-order valence-corrected chi connectivity index (χ1v) is 7.03. The highest BCUT2D eigenvalue weighted by Crippen LogP contribution is 2.01. The molecule has 1 aromatic heterocycles. The van der Waals surface area contributed by atoms with Gasteiger partial charge in [-0.25, -0.2) is 0 Å². The van der Waals surface area contributed by atoms with E-state index in [1.54, 1.807) is 0 Å². The Bertz CT molecular complexity index is 343. The summed E-state index contributed by atoms with van der Waals surface area (Å²) >= 11 is 0. The lowest BCUT2D eigenvalue weighted by Crippen LogP contribution is -2.19. The van der Waals surface area contributed by atoms with Crippen LogP contribution in [0.25, 0.3) is 0 Å². The molecule has 0 saturated carbocycles. The van der Waals surface area contributed by atoms with Crippen molar-refractivity contribution in [3.63, 3.8) is 0 Å². The summed E-state index contributed by atoms with van der Waals surface area (Å²) in [7, 11) is 0. The van der Waals surface area contributed by atoms with Gasteiger partial charge in [0.2, 0.25) is 0 Å². The average Bonchev–Trinajstić information content (AvgIpc) is 2.39. The summed E-state index contributed by atoms with van der Waals surface area (Å²) in [6.07, 6.45) is 0. The van der Waals surface area contributed by atoms with E-state index in [0.717, 1.165) is 31.1 Å². The van der Waals surface area contributed by atoms with Crippen molar-refractivity contribution in [2.75, 3.05) is 26.4 Å². The summed E-state index contributed by atoms with van der Waals surface area (Å²) in [6.45, 7) is 10.7. The molecule has 0 radical (unpaired) electrons. The van der Waals surface area contributed by atoms with Crippen molar-refractivity contribution in [2.45, 2.75) is 33.9 Å². The van der Waals surface area contributed by atoms with Crippen LogP contribution in [0.15, 0.2) is 18.2 Å². The summed E-state index contributed by atoms with van der Waals surface area (Å²) in [5.74, 6) is 0.657. The number of hydrogen-bond acceptors (Lipinski definition) is 4. The molecule has 0 amide bonds. The van der Waals surface area contributed by atoms with Gasteiger partial charge in [0, 0.05) is 13.2 Å². The molecule has 0 saturated heterocycles. The molecule has 0 spiro atoms. The third-order valence-electron chi connectivity index (χ3n) is 2.55. The molecule has 0 unspecified atom stereocenters. The van der Waals surface area contributed by atoms with E-state index < -0.39 is 0 Å². The molecule has 19 heavy (non-hydrogen) atoms. The van der Waals surface area contributed by atoms with Crippen molar-refractivity contribution in [2.24, 2.45) is 5.92 Å². The molecule has 1 heterocycles. The summed E-state index contributed by atoms with van der Waals surface area (Å²) in [4.78, 5) is 4.56. The van der Waals surface area contributed by atoms with Crippen molar-refractivity contribution in [3.8, 4) is 0 Å². The van der Waals surface area contributed by atoms with Crippen LogP contribution in [0.3, 0.4) is 0 Å². The fourth-order valence-corrected chi connectivity index (χ4v) is 1.64. The number of nitrogens with zero attached hydrogens (tertiary/aromatic N) is 1. The predicted molar refractivity (Wildman–Crippen MR) is 76.9 cm³/mol. The van der Waals surface area contributed by atoms with E-state index in [0.29, 0.717) is 25.7 Å². The van der Waals surface area contributed by atoms with Crippen LogP contribution in [-0.4, -0.2) is 31.3 Å². The van der Waals surface area contributed by atoms with Crippen LogP contribution >= 0.6 is 0 Å². The summed E-state index contributed by atoms with van der Waals surface area (Å²) in [6, 6.07) is 6.06. The third-order valence-corrected chi connectivity index (χ3v) is 2.55. The molecule has 1 N–H and O–H groups in total. The summed E-state index contributed by atoms with van der Waals surface area (Å²) in [5.41, 5.74) is 2.03. The molecule has 108 valence electrons. The van der Waals surface area contributed by atoms with Crippen LogP contribution in [-0.2, 0) is 22.6 Å². The van der Waals surface area contributed by atoms with E-state index in [4.69, 9.17) is 9.47 Å². The van der Waals surface area contributed by atoms with E-state index in [1.807, 2.05) is 25.1 Å². The van der Waals surface area contributed by atoms with E-state index >= 15 is 0 Å². The zero-order valence-corrected chi connectivity index (χ0v) is 12.3. The van der Waals surface area contributed by atoms with Gasteiger partial charge in [-0.1, -0.05) is 19.9 Å². The monoisotopic (exact) mass is 266 g/mol. The largest absolute Gasteiger partial charge is 0.379 e. The molecule has 1 rings (SSSR count). The Kier molecular flexibility index (Phi) is 8.38. The van der Waals surface area contributed by atoms with Crippen molar-refractivity contribution < 1.29 is 9.47 Å². The highest BCUT2D eigenvalue weighted by molar-refractivity contribution is 5.10. The molecule has 0 aliphatic heterocycles. The first-order valence-electron chi connectivity index (χ1n) is 7.03. The van der Waals surface area contributed by atoms with Crippen LogP contribution in [0.2, 0.25) is 0 Å². The lowest BCUT2D eigenvalue weighted by Gasteiger charge is -2.08. The minimum Gasteiger partial charge on any atom is -0.379 e. The molecule has 4 nitrogen and oxygen atoms in total. The molecule has 0 fully saturated rings. The number of aromatic nitrogens is 1. The van der Waals surface area contributed by atoms with Gasteiger partial charge in [0.25, 0.3) is 0 Å². The second-order valence-electron chi connectivity index (χ2n) is 4.89. The van der Waals surface area contributed by atoms with Gasteiger partial charge in [-0.3, -0.25) is 4.98 Å². The maximum absolute atomic E-state index is 5.51. The lowest BCUT2D eigenvalue weighted by molar-refractivity contribution is 0.0441. The van der Waals surface area contributed by atoms with E-state index in [9.17, 15) is 0 Å². The molecule has 1 aromatic rings. The highest BCUT2D eigenvalue weighted by Gasteiger charge is 1.99. The zero-order valence-electron chi connectivity index (χ0n) is 12.3. The Balaban J connectivity index is 2.27. The molecule has 0 atom stereocenters. The van der Waals surface area contributed by atoms with Gasteiger partial charge in [-0.2, -0.15) is 0 Å². The van der Waals surface area contributed by atoms with E-state index in [1.165, 1.54) is 0 Å². The van der Waals surface area contributed by atoms with Crippen molar-refractivity contribution >= 4 is 0 Å².